The standard InChI is InChI=1S/C39H51IN4O12/c1-36(2,3)53-32(45)18-49-28-12-22-24(14-30(28)51-20-34(47)55-38(7,8)9)27(17-43-44-42)25-15-31(52-21-35(48)56-39(10,11)40)29(13-23(25)26(22)16-41)50-19-33(46)54-37(4,5)6/h12-15H,16-21,41H2,1-11H3. The molecule has 0 fully saturated rings. The SMILES string of the molecule is CC(C)(C)OC(=O)COc1cc2c(CN)c3cc(OCC(=O)OC(C)(C)C)c(OCC(=O)OC(C)(C)I)cc3c(CN=[N+]=[N-])c2cc1OCC(=O)OC(C)(C)C. The van der Waals surface area contributed by atoms with Gasteiger partial charge in [-0.2, -0.15) is 0 Å². The molecule has 0 aliphatic carbocycles. The lowest BCUT2D eigenvalue weighted by atomic mass is 9.90. The van der Waals surface area contributed by atoms with Gasteiger partial charge in [0.2, 0.25) is 0 Å². The molecule has 0 aromatic heterocycles. The van der Waals surface area contributed by atoms with Crippen molar-refractivity contribution >= 4 is 68.0 Å². The summed E-state index contributed by atoms with van der Waals surface area (Å²) in [4.78, 5) is 53.8. The Bertz CT molecular complexity index is 1870. The minimum absolute atomic E-state index is 0.0405. The number of nitrogens with two attached hydrogens (primary N) is 1. The second kappa shape index (κ2) is 18.5. The molecule has 3 aromatic carbocycles. The molecule has 0 heterocycles. The van der Waals surface area contributed by atoms with Crippen LogP contribution in [0.15, 0.2) is 29.4 Å². The van der Waals surface area contributed by atoms with E-state index in [1.807, 2.05) is 22.6 Å². The molecule has 0 spiro atoms. The smallest absolute Gasteiger partial charge is 0.345 e. The predicted molar refractivity (Wildman–Crippen MR) is 216 cm³/mol. The van der Waals surface area contributed by atoms with E-state index in [9.17, 15) is 24.7 Å². The molecule has 0 radical (unpaired) electrons. The number of alkyl halides is 1. The minimum atomic E-state index is -0.812. The highest BCUT2D eigenvalue weighted by Crippen LogP contribution is 2.44. The summed E-state index contributed by atoms with van der Waals surface area (Å²) in [5, 5.41) is 5.88. The predicted octanol–water partition coefficient (Wildman–Crippen LogP) is 7.52. The molecule has 0 aliphatic rings. The maximum atomic E-state index is 12.7. The van der Waals surface area contributed by atoms with Crippen molar-refractivity contribution in [1.82, 2.24) is 0 Å². The van der Waals surface area contributed by atoms with Crippen LogP contribution in [0.5, 0.6) is 23.0 Å². The number of nitrogens with zero attached hydrogens (tertiary/aromatic N) is 3. The summed E-state index contributed by atoms with van der Waals surface area (Å²) in [6.07, 6.45) is 0. The van der Waals surface area contributed by atoms with Crippen LogP contribution in [0.4, 0.5) is 0 Å². The monoisotopic (exact) mass is 894 g/mol. The Labute approximate surface area is 339 Å². The molecule has 3 aromatic rings. The molecule has 0 saturated heterocycles. The third-order valence-corrected chi connectivity index (χ3v) is 7.18. The van der Waals surface area contributed by atoms with E-state index >= 15 is 0 Å². The van der Waals surface area contributed by atoms with E-state index < -0.39 is 70.7 Å². The fraction of sp³-hybridized carbons (Fsp3) is 0.538. The molecule has 0 amide bonds. The second-order valence-electron chi connectivity index (χ2n) is 16.0. The molecule has 16 nitrogen and oxygen atoms in total. The number of esters is 4. The number of hydrogen-bond donors (Lipinski definition) is 1. The van der Waals surface area contributed by atoms with Gasteiger partial charge in [0.05, 0.1) is 6.54 Å². The molecule has 2 N–H and O–H groups in total. The van der Waals surface area contributed by atoms with Crippen LogP contribution in [0.1, 0.15) is 87.3 Å². The summed E-state index contributed by atoms with van der Waals surface area (Å²) in [6, 6.07) is 6.35. The van der Waals surface area contributed by atoms with Gasteiger partial charge in [-0.15, -0.1) is 0 Å². The van der Waals surface area contributed by atoms with Gasteiger partial charge in [-0.3, -0.25) is 0 Å². The minimum Gasteiger partial charge on any atom is -0.478 e. The number of hydrogen-bond acceptors (Lipinski definition) is 14. The molecular formula is C39H51IN4O12. The lowest BCUT2D eigenvalue weighted by Crippen LogP contribution is -2.28. The van der Waals surface area contributed by atoms with Crippen molar-refractivity contribution in [3.63, 3.8) is 0 Å². The summed E-state index contributed by atoms with van der Waals surface area (Å²) in [7, 11) is 0. The summed E-state index contributed by atoms with van der Waals surface area (Å²) in [6.45, 7) is 16.7. The highest BCUT2D eigenvalue weighted by atomic mass is 127. The van der Waals surface area contributed by atoms with Gasteiger partial charge in [0.25, 0.3) is 0 Å². The van der Waals surface area contributed by atoms with Crippen LogP contribution in [0.3, 0.4) is 0 Å². The second-order valence-corrected chi connectivity index (χ2v) is 18.6. The zero-order valence-corrected chi connectivity index (χ0v) is 35.9. The maximum absolute atomic E-state index is 12.7. The fourth-order valence-corrected chi connectivity index (χ4v) is 5.56. The van der Waals surface area contributed by atoms with E-state index in [0.29, 0.717) is 32.7 Å². The van der Waals surface area contributed by atoms with E-state index in [2.05, 4.69) is 10.0 Å². The first-order valence-corrected chi connectivity index (χ1v) is 18.7. The molecule has 0 aliphatic heterocycles. The molecule has 17 heteroatoms. The van der Waals surface area contributed by atoms with Crippen LogP contribution in [0.25, 0.3) is 32.0 Å². The molecule has 56 heavy (non-hydrogen) atoms. The molecule has 306 valence electrons. The highest BCUT2D eigenvalue weighted by molar-refractivity contribution is 14.1. The third kappa shape index (κ3) is 14.4. The number of benzene rings is 3. The first kappa shape index (κ1) is 45.6. The lowest BCUT2D eigenvalue weighted by Gasteiger charge is -2.23. The van der Waals surface area contributed by atoms with Gasteiger partial charge in [0.1, 0.15) is 16.8 Å². The summed E-state index contributed by atoms with van der Waals surface area (Å²) in [5.41, 5.74) is 14.5. The average Bonchev–Trinajstić information content (AvgIpc) is 3.03. The molecular weight excluding hydrogens is 843 g/mol. The van der Waals surface area contributed by atoms with E-state index in [-0.39, 0.29) is 36.1 Å². The van der Waals surface area contributed by atoms with E-state index in [0.717, 1.165) is 0 Å². The molecule has 0 atom stereocenters. The number of rotatable bonds is 16. The first-order valence-electron chi connectivity index (χ1n) is 17.7. The summed E-state index contributed by atoms with van der Waals surface area (Å²) < 4.78 is 44.6. The zero-order chi connectivity index (χ0) is 42.2. The van der Waals surface area contributed by atoms with Crippen LogP contribution in [-0.4, -0.2) is 70.7 Å². The molecule has 3 rings (SSSR count). The number of carbonyl (C=O) groups is 4. The topological polar surface area (TPSA) is 217 Å². The van der Waals surface area contributed by atoms with Gasteiger partial charge >= 0.3 is 23.9 Å². The lowest BCUT2D eigenvalue weighted by molar-refractivity contribution is -0.158. The van der Waals surface area contributed by atoms with Gasteiger partial charge in [-0.1, -0.05) is 5.11 Å². The van der Waals surface area contributed by atoms with Gasteiger partial charge < -0.3 is 43.6 Å². The highest BCUT2D eigenvalue weighted by Gasteiger charge is 2.25. The van der Waals surface area contributed by atoms with E-state index in [1.165, 1.54) is 0 Å². The third-order valence-electron chi connectivity index (χ3n) is 6.96. The number of ether oxygens (including phenoxy) is 8. The largest absolute Gasteiger partial charge is 0.478 e. The Hall–Kier alpha value is -4.74. The van der Waals surface area contributed by atoms with Crippen molar-refractivity contribution in [2.24, 2.45) is 10.8 Å². The Morgan fingerprint density at radius 3 is 1.11 bits per heavy atom. The summed E-state index contributed by atoms with van der Waals surface area (Å²) in [5.74, 6) is -2.34. The Morgan fingerprint density at radius 2 is 0.857 bits per heavy atom. The Morgan fingerprint density at radius 1 is 0.571 bits per heavy atom. The molecule has 0 bridgehead atoms. The van der Waals surface area contributed by atoms with Crippen molar-refractivity contribution in [2.45, 2.75) is 110 Å². The van der Waals surface area contributed by atoms with Gasteiger partial charge in [0, 0.05) is 11.5 Å². The van der Waals surface area contributed by atoms with Crippen LogP contribution in [0.2, 0.25) is 0 Å². The van der Waals surface area contributed by atoms with Crippen molar-refractivity contribution in [3.05, 3.63) is 45.8 Å². The molecule has 0 unspecified atom stereocenters. The zero-order valence-electron chi connectivity index (χ0n) is 33.7. The molecule has 0 saturated carbocycles. The average molecular weight is 895 g/mol. The fourth-order valence-electron chi connectivity index (χ4n) is 5.31. The van der Waals surface area contributed by atoms with Gasteiger partial charge in [-0.25, -0.2) is 19.2 Å². The van der Waals surface area contributed by atoms with Crippen molar-refractivity contribution in [2.75, 3.05) is 26.4 Å². The van der Waals surface area contributed by atoms with Gasteiger partial charge in [-0.05, 0) is 161 Å². The Balaban J connectivity index is 2.33. The van der Waals surface area contributed by atoms with Crippen molar-refractivity contribution in [3.8, 4) is 23.0 Å². The number of halogens is 1. The van der Waals surface area contributed by atoms with Crippen molar-refractivity contribution < 1.29 is 57.1 Å². The maximum Gasteiger partial charge on any atom is 0.345 e. The van der Waals surface area contributed by atoms with Gasteiger partial charge in [0.15, 0.2) is 53.0 Å². The quantitative estimate of drug-likeness (QED) is 0.0215. The summed E-state index contributed by atoms with van der Waals surface area (Å²) >= 11 is 1.97. The number of carbonyl (C=O) groups excluding carboxylic acids is 4. The normalized spacial score (nSPS) is 12.0. The van der Waals surface area contributed by atoms with Crippen molar-refractivity contribution in [1.29, 1.82) is 0 Å². The van der Waals surface area contributed by atoms with Crippen LogP contribution >= 0.6 is 22.6 Å². The number of azide groups is 1. The van der Waals surface area contributed by atoms with Crippen LogP contribution in [-0.2, 0) is 51.2 Å². The van der Waals surface area contributed by atoms with E-state index in [4.69, 9.17) is 43.6 Å². The Kier molecular flexibility index (Phi) is 15.1. The van der Waals surface area contributed by atoms with Crippen LogP contribution < -0.4 is 24.7 Å². The van der Waals surface area contributed by atoms with E-state index in [1.54, 1.807) is 100 Å². The van der Waals surface area contributed by atoms with Crippen LogP contribution in [0, 0.1) is 0 Å². The first-order chi connectivity index (χ1) is 25.8. The number of fused-ring (bicyclic) bond motifs is 2.